The molecule has 1 atom stereocenters. The van der Waals surface area contributed by atoms with Crippen LogP contribution in [0.4, 0.5) is 17.1 Å². The van der Waals surface area contributed by atoms with Crippen molar-refractivity contribution in [3.8, 4) is 17.2 Å². The lowest BCUT2D eigenvalue weighted by Gasteiger charge is -2.45. The Hall–Kier alpha value is -4.91. The molecule has 6 rings (SSSR count). The minimum atomic E-state index is -0.623. The number of carbonyl (C=O) groups is 1. The van der Waals surface area contributed by atoms with Gasteiger partial charge in [0.2, 0.25) is 5.72 Å². The zero-order valence-electron chi connectivity index (χ0n) is 28.4. The Morgan fingerprint density at radius 3 is 2.21 bits per heavy atom. The topological polar surface area (TPSA) is 72.7 Å². The minimum Gasteiger partial charge on any atom is -0.494 e. The van der Waals surface area contributed by atoms with E-state index >= 15 is 0 Å². The van der Waals surface area contributed by atoms with Crippen LogP contribution in [0.25, 0.3) is 6.08 Å². The molecule has 7 nitrogen and oxygen atoms in total. The second kappa shape index (κ2) is 14.5. The molecule has 0 bridgehead atoms. The molecule has 1 unspecified atom stereocenters. The third-order valence-electron chi connectivity index (χ3n) is 9.52. The fourth-order valence-electron chi connectivity index (χ4n) is 6.63. The number of likely N-dealkylation sites (N-methyl/N-ethyl adjacent to an activating group) is 1. The van der Waals surface area contributed by atoms with Gasteiger partial charge < -0.3 is 19.1 Å². The van der Waals surface area contributed by atoms with Crippen LogP contribution in [0.3, 0.4) is 0 Å². The van der Waals surface area contributed by atoms with E-state index in [0.29, 0.717) is 29.3 Å². The van der Waals surface area contributed by atoms with Crippen LogP contribution in [0, 0.1) is 0 Å². The van der Waals surface area contributed by atoms with E-state index in [1.54, 1.807) is 36.4 Å². The molecule has 2 aliphatic heterocycles. The Balaban J connectivity index is 1.00. The SMILES string of the molecule is CCCCCCCCCOc1ccc(C(=O)Oc2ccc(N=Nc3ccc4c(c3)C=CC3(O4)N(C)c4ccccc4C3(C)C)cc2)cc1. The lowest BCUT2D eigenvalue weighted by molar-refractivity contribution is 0.0582. The summed E-state index contributed by atoms with van der Waals surface area (Å²) in [6.45, 7) is 7.38. The largest absolute Gasteiger partial charge is 0.494 e. The van der Waals surface area contributed by atoms with Gasteiger partial charge in [0.15, 0.2) is 0 Å². The number of carbonyl (C=O) groups excluding carboxylic acids is 1. The summed E-state index contributed by atoms with van der Waals surface area (Å²) in [5, 5.41) is 8.84. The van der Waals surface area contributed by atoms with Crippen LogP contribution < -0.4 is 19.1 Å². The number of fused-ring (bicyclic) bond motifs is 2. The van der Waals surface area contributed by atoms with E-state index in [1.165, 1.54) is 49.8 Å². The van der Waals surface area contributed by atoms with Crippen molar-refractivity contribution in [3.63, 3.8) is 0 Å². The molecule has 7 heteroatoms. The zero-order chi connectivity index (χ0) is 33.6. The molecule has 0 aromatic heterocycles. The number of ether oxygens (including phenoxy) is 3. The number of anilines is 1. The Kier molecular flexibility index (Phi) is 9.95. The number of nitrogens with zero attached hydrogens (tertiary/aromatic N) is 3. The predicted molar refractivity (Wildman–Crippen MR) is 192 cm³/mol. The molecule has 0 N–H and O–H groups in total. The van der Waals surface area contributed by atoms with Crippen molar-refractivity contribution in [2.24, 2.45) is 10.2 Å². The van der Waals surface area contributed by atoms with Gasteiger partial charge in [-0.2, -0.15) is 10.2 Å². The van der Waals surface area contributed by atoms with Crippen LogP contribution in [-0.2, 0) is 5.41 Å². The second-order valence-electron chi connectivity index (χ2n) is 13.1. The van der Waals surface area contributed by atoms with Crippen molar-refractivity contribution in [1.82, 2.24) is 0 Å². The Morgan fingerprint density at radius 2 is 1.46 bits per heavy atom. The molecule has 48 heavy (non-hydrogen) atoms. The number of esters is 1. The third kappa shape index (κ3) is 6.86. The summed E-state index contributed by atoms with van der Waals surface area (Å²) < 4.78 is 18.2. The van der Waals surface area contributed by atoms with Gasteiger partial charge in [-0.25, -0.2) is 4.79 Å². The van der Waals surface area contributed by atoms with Crippen molar-refractivity contribution in [1.29, 1.82) is 0 Å². The van der Waals surface area contributed by atoms with E-state index < -0.39 is 11.7 Å². The molecular formula is C41H45N3O4. The zero-order valence-corrected chi connectivity index (χ0v) is 28.4. The van der Waals surface area contributed by atoms with Crippen LogP contribution in [0.5, 0.6) is 17.2 Å². The van der Waals surface area contributed by atoms with Gasteiger partial charge in [-0.05, 0) is 111 Å². The molecule has 0 saturated carbocycles. The van der Waals surface area contributed by atoms with E-state index in [2.05, 4.69) is 79.4 Å². The van der Waals surface area contributed by atoms with Gasteiger partial charge in [0.05, 0.1) is 29.0 Å². The highest BCUT2D eigenvalue weighted by Crippen LogP contribution is 2.54. The maximum atomic E-state index is 12.7. The molecule has 2 aliphatic rings. The predicted octanol–water partition coefficient (Wildman–Crippen LogP) is 11.0. The highest BCUT2D eigenvalue weighted by atomic mass is 16.5. The Bertz CT molecular complexity index is 1780. The molecule has 4 aromatic rings. The van der Waals surface area contributed by atoms with Gasteiger partial charge in [0, 0.05) is 18.3 Å². The first-order valence-electron chi connectivity index (χ1n) is 17.1. The average Bonchev–Trinajstić information content (AvgIpc) is 3.27. The smallest absolute Gasteiger partial charge is 0.343 e. The highest BCUT2D eigenvalue weighted by molar-refractivity contribution is 5.91. The third-order valence-corrected chi connectivity index (χ3v) is 9.52. The van der Waals surface area contributed by atoms with Crippen LogP contribution in [0.1, 0.15) is 87.2 Å². The molecular weight excluding hydrogens is 598 g/mol. The monoisotopic (exact) mass is 643 g/mol. The second-order valence-corrected chi connectivity index (χ2v) is 13.1. The lowest BCUT2D eigenvalue weighted by atomic mass is 9.76. The first-order valence-corrected chi connectivity index (χ1v) is 17.1. The van der Waals surface area contributed by atoms with Crippen molar-refractivity contribution in [3.05, 3.63) is 114 Å². The number of rotatable bonds is 13. The van der Waals surface area contributed by atoms with Crippen molar-refractivity contribution >= 4 is 29.1 Å². The van der Waals surface area contributed by atoms with Gasteiger partial charge in [0.25, 0.3) is 0 Å². The fourth-order valence-corrected chi connectivity index (χ4v) is 6.63. The summed E-state index contributed by atoms with van der Waals surface area (Å²) >= 11 is 0. The van der Waals surface area contributed by atoms with Gasteiger partial charge >= 0.3 is 5.97 Å². The summed E-state index contributed by atoms with van der Waals surface area (Å²) in [5.41, 5.74) is 4.34. The first-order chi connectivity index (χ1) is 23.3. The number of azo groups is 1. The van der Waals surface area contributed by atoms with Crippen LogP contribution >= 0.6 is 0 Å². The van der Waals surface area contributed by atoms with Gasteiger partial charge in [-0.1, -0.05) is 63.6 Å². The van der Waals surface area contributed by atoms with E-state index in [4.69, 9.17) is 14.2 Å². The minimum absolute atomic E-state index is 0.253. The summed E-state index contributed by atoms with van der Waals surface area (Å²) in [5.74, 6) is 1.58. The lowest BCUT2D eigenvalue weighted by Crippen LogP contribution is -2.58. The van der Waals surface area contributed by atoms with Gasteiger partial charge in [-0.3, -0.25) is 0 Å². The summed E-state index contributed by atoms with van der Waals surface area (Å²) in [7, 11) is 2.09. The summed E-state index contributed by atoms with van der Waals surface area (Å²) in [4.78, 5) is 14.9. The van der Waals surface area contributed by atoms with E-state index in [-0.39, 0.29) is 5.41 Å². The number of benzene rings is 4. The van der Waals surface area contributed by atoms with Crippen LogP contribution in [0.2, 0.25) is 0 Å². The Labute approximate surface area is 284 Å². The van der Waals surface area contributed by atoms with Crippen molar-refractivity contribution in [2.45, 2.75) is 76.9 Å². The normalized spacial score (nSPS) is 17.3. The van der Waals surface area contributed by atoms with E-state index in [9.17, 15) is 4.79 Å². The molecule has 0 saturated heterocycles. The maximum absolute atomic E-state index is 12.7. The van der Waals surface area contributed by atoms with E-state index in [1.807, 2.05) is 30.3 Å². The maximum Gasteiger partial charge on any atom is 0.343 e. The molecule has 4 aromatic carbocycles. The molecule has 0 amide bonds. The quantitative estimate of drug-likeness (QED) is 0.0627. The molecule has 1 spiro atoms. The van der Waals surface area contributed by atoms with Crippen molar-refractivity contribution in [2.75, 3.05) is 18.6 Å². The molecule has 248 valence electrons. The number of hydrogen-bond donors (Lipinski definition) is 0. The van der Waals surface area contributed by atoms with Crippen molar-refractivity contribution < 1.29 is 19.0 Å². The standard InChI is InChI=1S/C41H45N3O4/c1-5-6-7-8-9-10-13-28-46-34-21-16-30(17-22-34)39(45)47-35-23-18-32(19-24-35)42-43-33-20-25-38-31(29-33)26-27-41(48-38)40(2,3)36-14-11-12-15-37(36)44(41)4/h11-12,14-27,29H,5-10,13,28H2,1-4H3. The number of hydrogen-bond acceptors (Lipinski definition) is 7. The number of unbranched alkanes of at least 4 members (excludes halogenated alkanes) is 6. The molecule has 0 radical (unpaired) electrons. The molecule has 0 aliphatic carbocycles. The summed E-state index contributed by atoms with van der Waals surface area (Å²) in [6, 6.07) is 28.4. The molecule has 2 heterocycles. The van der Waals surface area contributed by atoms with Gasteiger partial charge in [0.1, 0.15) is 17.2 Å². The fraction of sp³-hybridized carbons (Fsp3) is 0.341. The summed E-state index contributed by atoms with van der Waals surface area (Å²) in [6.07, 6.45) is 13.0. The Morgan fingerprint density at radius 1 is 0.792 bits per heavy atom. The highest BCUT2D eigenvalue weighted by Gasteiger charge is 2.57. The number of para-hydroxylation sites is 1. The average molecular weight is 644 g/mol. The first kappa shape index (κ1) is 33.0. The van der Waals surface area contributed by atoms with Crippen LogP contribution in [-0.4, -0.2) is 25.3 Å². The van der Waals surface area contributed by atoms with E-state index in [0.717, 1.165) is 23.5 Å². The van der Waals surface area contributed by atoms with Crippen LogP contribution in [0.15, 0.2) is 107 Å². The van der Waals surface area contributed by atoms with Gasteiger partial charge in [-0.15, -0.1) is 0 Å². The molecule has 0 fully saturated rings.